The summed E-state index contributed by atoms with van der Waals surface area (Å²) >= 11 is 0. The van der Waals surface area contributed by atoms with E-state index in [1.165, 1.54) is 5.56 Å². The van der Waals surface area contributed by atoms with Gasteiger partial charge in [0.2, 0.25) is 0 Å². The Morgan fingerprint density at radius 2 is 2.29 bits per heavy atom. The van der Waals surface area contributed by atoms with Crippen LogP contribution in [0.1, 0.15) is 18.2 Å². The maximum Gasteiger partial charge on any atom is 0.320 e. The SMILES string of the molecule is C=CCN(CC(=O)OCC)Cc1cn2cc(C)ccc2n1. The number of nitrogens with zero attached hydrogens (tertiary/aromatic N) is 3. The van der Waals surface area contributed by atoms with E-state index in [1.807, 2.05) is 40.8 Å². The third-order valence-electron chi connectivity index (χ3n) is 3.08. The molecule has 0 bridgehead atoms. The van der Waals surface area contributed by atoms with Crippen LogP contribution in [0, 0.1) is 6.92 Å². The highest BCUT2D eigenvalue weighted by molar-refractivity contribution is 5.71. The van der Waals surface area contributed by atoms with Gasteiger partial charge in [-0.1, -0.05) is 12.1 Å². The molecule has 0 spiro atoms. The van der Waals surface area contributed by atoms with E-state index in [4.69, 9.17) is 4.74 Å². The highest BCUT2D eigenvalue weighted by Gasteiger charge is 2.12. The van der Waals surface area contributed by atoms with Crippen LogP contribution in [-0.2, 0) is 16.1 Å². The van der Waals surface area contributed by atoms with Gasteiger partial charge >= 0.3 is 5.97 Å². The predicted octanol–water partition coefficient (Wildman–Crippen LogP) is 2.19. The second-order valence-corrected chi connectivity index (χ2v) is 4.97. The van der Waals surface area contributed by atoms with Crippen LogP contribution >= 0.6 is 0 Å². The lowest BCUT2D eigenvalue weighted by Crippen LogP contribution is -2.31. The van der Waals surface area contributed by atoms with Crippen LogP contribution in [0.15, 0.2) is 37.2 Å². The van der Waals surface area contributed by atoms with Crippen LogP contribution in [0.25, 0.3) is 5.65 Å². The van der Waals surface area contributed by atoms with E-state index >= 15 is 0 Å². The summed E-state index contributed by atoms with van der Waals surface area (Å²) in [7, 11) is 0. The Morgan fingerprint density at radius 1 is 1.48 bits per heavy atom. The van der Waals surface area contributed by atoms with Crippen LogP contribution < -0.4 is 0 Å². The lowest BCUT2D eigenvalue weighted by Gasteiger charge is -2.18. The van der Waals surface area contributed by atoms with Gasteiger partial charge in [0.15, 0.2) is 0 Å². The number of aromatic nitrogens is 2. The molecular formula is C16H21N3O2. The number of hydrogen-bond acceptors (Lipinski definition) is 4. The molecule has 21 heavy (non-hydrogen) atoms. The molecule has 2 rings (SSSR count). The standard InChI is InChI=1S/C16H21N3O2/c1-4-8-18(12-16(20)21-5-2)10-14-11-19-9-13(3)6-7-15(19)17-14/h4,6-7,9,11H,1,5,8,10,12H2,2-3H3. The fourth-order valence-electron chi connectivity index (χ4n) is 2.22. The van der Waals surface area contributed by atoms with Crippen molar-refractivity contribution in [2.24, 2.45) is 0 Å². The largest absolute Gasteiger partial charge is 0.465 e. The molecule has 2 heterocycles. The van der Waals surface area contributed by atoms with Gasteiger partial charge in [0.1, 0.15) is 5.65 Å². The van der Waals surface area contributed by atoms with Gasteiger partial charge in [0, 0.05) is 25.5 Å². The predicted molar refractivity (Wildman–Crippen MR) is 82.0 cm³/mol. The lowest BCUT2D eigenvalue weighted by atomic mass is 10.3. The number of esters is 1. The van der Waals surface area contributed by atoms with Crippen molar-refractivity contribution >= 4 is 11.6 Å². The first-order valence-electron chi connectivity index (χ1n) is 7.05. The van der Waals surface area contributed by atoms with Gasteiger partial charge in [-0.15, -0.1) is 6.58 Å². The molecular weight excluding hydrogens is 266 g/mol. The maximum atomic E-state index is 11.6. The van der Waals surface area contributed by atoms with E-state index in [0.717, 1.165) is 11.3 Å². The smallest absolute Gasteiger partial charge is 0.320 e. The number of rotatable bonds is 7. The van der Waals surface area contributed by atoms with E-state index < -0.39 is 0 Å². The number of ether oxygens (including phenoxy) is 1. The van der Waals surface area contributed by atoms with Crippen molar-refractivity contribution in [1.82, 2.24) is 14.3 Å². The first-order chi connectivity index (χ1) is 10.1. The summed E-state index contributed by atoms with van der Waals surface area (Å²) in [6, 6.07) is 4.02. The quantitative estimate of drug-likeness (QED) is 0.578. The summed E-state index contributed by atoms with van der Waals surface area (Å²) in [4.78, 5) is 18.1. The summed E-state index contributed by atoms with van der Waals surface area (Å²) in [6.45, 7) is 9.43. The molecule has 0 fully saturated rings. The molecule has 2 aromatic heterocycles. The summed E-state index contributed by atoms with van der Waals surface area (Å²) in [5, 5.41) is 0. The number of carbonyl (C=O) groups excluding carboxylic acids is 1. The summed E-state index contributed by atoms with van der Waals surface area (Å²) in [6.07, 6.45) is 5.80. The van der Waals surface area contributed by atoms with E-state index in [1.54, 1.807) is 13.0 Å². The van der Waals surface area contributed by atoms with Crippen molar-refractivity contribution in [2.45, 2.75) is 20.4 Å². The van der Waals surface area contributed by atoms with Gasteiger partial charge in [-0.2, -0.15) is 0 Å². The molecule has 0 aliphatic carbocycles. The van der Waals surface area contributed by atoms with Crippen LogP contribution in [0.4, 0.5) is 0 Å². The van der Waals surface area contributed by atoms with Crippen molar-refractivity contribution in [2.75, 3.05) is 19.7 Å². The van der Waals surface area contributed by atoms with E-state index in [0.29, 0.717) is 19.7 Å². The first-order valence-corrected chi connectivity index (χ1v) is 7.05. The molecule has 2 aromatic rings. The van der Waals surface area contributed by atoms with Crippen LogP contribution in [0.5, 0.6) is 0 Å². The van der Waals surface area contributed by atoms with Crippen molar-refractivity contribution in [3.05, 3.63) is 48.4 Å². The Labute approximate surface area is 124 Å². The first kappa shape index (κ1) is 15.3. The Bertz CT molecular complexity index is 633. The number of carbonyl (C=O) groups is 1. The Morgan fingerprint density at radius 3 is 3.00 bits per heavy atom. The summed E-state index contributed by atoms with van der Waals surface area (Å²) in [5.41, 5.74) is 3.01. The minimum atomic E-state index is -0.223. The molecule has 0 aromatic carbocycles. The molecule has 0 N–H and O–H groups in total. The molecule has 0 atom stereocenters. The summed E-state index contributed by atoms with van der Waals surface area (Å²) < 4.78 is 6.99. The van der Waals surface area contributed by atoms with Gasteiger partial charge in [-0.05, 0) is 25.5 Å². The second-order valence-electron chi connectivity index (χ2n) is 4.97. The highest BCUT2D eigenvalue weighted by Crippen LogP contribution is 2.09. The number of pyridine rings is 1. The number of hydrogen-bond donors (Lipinski definition) is 0. The zero-order valence-electron chi connectivity index (χ0n) is 12.6. The normalized spacial score (nSPS) is 11.0. The van der Waals surface area contributed by atoms with Gasteiger partial charge in [-0.25, -0.2) is 4.98 Å². The average molecular weight is 287 g/mol. The minimum absolute atomic E-state index is 0.223. The number of imidazole rings is 1. The average Bonchev–Trinajstić information content (AvgIpc) is 2.80. The number of fused-ring (bicyclic) bond motifs is 1. The Kier molecular flexibility index (Phi) is 5.11. The van der Waals surface area contributed by atoms with Gasteiger partial charge in [0.25, 0.3) is 0 Å². The van der Waals surface area contributed by atoms with Gasteiger partial charge in [-0.3, -0.25) is 9.69 Å². The van der Waals surface area contributed by atoms with E-state index in [2.05, 4.69) is 11.6 Å². The monoisotopic (exact) mass is 287 g/mol. The third kappa shape index (κ3) is 4.16. The van der Waals surface area contributed by atoms with E-state index in [-0.39, 0.29) is 12.5 Å². The third-order valence-corrected chi connectivity index (χ3v) is 3.08. The molecule has 0 saturated heterocycles. The summed E-state index contributed by atoms with van der Waals surface area (Å²) in [5.74, 6) is -0.223. The molecule has 0 saturated carbocycles. The van der Waals surface area contributed by atoms with Crippen molar-refractivity contribution < 1.29 is 9.53 Å². The number of aryl methyl sites for hydroxylation is 1. The Hall–Kier alpha value is -2.14. The molecule has 0 aliphatic rings. The van der Waals surface area contributed by atoms with Crippen LogP contribution in [0.3, 0.4) is 0 Å². The molecule has 0 unspecified atom stereocenters. The second kappa shape index (κ2) is 7.04. The van der Waals surface area contributed by atoms with Crippen molar-refractivity contribution in [1.29, 1.82) is 0 Å². The fraction of sp³-hybridized carbons (Fsp3) is 0.375. The molecule has 0 amide bonds. The van der Waals surface area contributed by atoms with Gasteiger partial charge in [0.05, 0.1) is 18.8 Å². The molecule has 5 heteroatoms. The maximum absolute atomic E-state index is 11.6. The zero-order chi connectivity index (χ0) is 15.2. The lowest BCUT2D eigenvalue weighted by molar-refractivity contribution is -0.144. The fourth-order valence-corrected chi connectivity index (χ4v) is 2.22. The highest BCUT2D eigenvalue weighted by atomic mass is 16.5. The van der Waals surface area contributed by atoms with E-state index in [9.17, 15) is 4.79 Å². The van der Waals surface area contributed by atoms with Crippen LogP contribution in [0.2, 0.25) is 0 Å². The molecule has 112 valence electrons. The molecule has 0 aliphatic heterocycles. The minimum Gasteiger partial charge on any atom is -0.465 e. The van der Waals surface area contributed by atoms with Gasteiger partial charge < -0.3 is 9.14 Å². The van der Waals surface area contributed by atoms with Crippen molar-refractivity contribution in [3.8, 4) is 0 Å². The topological polar surface area (TPSA) is 46.8 Å². The molecule has 0 radical (unpaired) electrons. The Balaban J connectivity index is 2.10. The molecule has 5 nitrogen and oxygen atoms in total. The van der Waals surface area contributed by atoms with Crippen molar-refractivity contribution in [3.63, 3.8) is 0 Å². The van der Waals surface area contributed by atoms with Crippen LogP contribution in [-0.4, -0.2) is 40.0 Å². The zero-order valence-corrected chi connectivity index (χ0v) is 12.6.